The second-order valence-electron chi connectivity index (χ2n) is 5.64. The standard InChI is InChI=1S/C19H30O4/c1-3-9-19(23-16-21-2)14-18(20)12-7-8-13-22-15-17-10-5-4-6-11-17/h3-6,10-11,18-20H,1,7-9,12-16H2,2H3/t18-,19+/m0/s1. The molecule has 0 bridgehead atoms. The van der Waals surface area contributed by atoms with Gasteiger partial charge in [-0.3, -0.25) is 0 Å². The summed E-state index contributed by atoms with van der Waals surface area (Å²) < 4.78 is 16.1. The topological polar surface area (TPSA) is 47.9 Å². The normalized spacial score (nSPS) is 13.7. The minimum atomic E-state index is -0.356. The largest absolute Gasteiger partial charge is 0.393 e. The third-order valence-corrected chi connectivity index (χ3v) is 3.57. The van der Waals surface area contributed by atoms with E-state index in [9.17, 15) is 5.11 Å². The first-order chi connectivity index (χ1) is 11.3. The van der Waals surface area contributed by atoms with Crippen LogP contribution in [0.2, 0.25) is 0 Å². The molecule has 130 valence electrons. The summed E-state index contributed by atoms with van der Waals surface area (Å²) in [5.41, 5.74) is 1.19. The molecular weight excluding hydrogens is 292 g/mol. The monoisotopic (exact) mass is 322 g/mol. The number of hydrogen-bond acceptors (Lipinski definition) is 4. The molecular formula is C19H30O4. The second kappa shape index (κ2) is 13.3. The number of rotatable bonds is 14. The van der Waals surface area contributed by atoms with E-state index in [1.165, 1.54) is 5.56 Å². The van der Waals surface area contributed by atoms with Crippen LogP contribution in [0.25, 0.3) is 0 Å². The van der Waals surface area contributed by atoms with E-state index in [2.05, 4.69) is 18.7 Å². The van der Waals surface area contributed by atoms with Crippen molar-refractivity contribution in [3.05, 3.63) is 48.6 Å². The third-order valence-electron chi connectivity index (χ3n) is 3.57. The molecule has 4 nitrogen and oxygen atoms in total. The Morgan fingerprint density at radius 3 is 2.70 bits per heavy atom. The first-order valence-electron chi connectivity index (χ1n) is 8.27. The summed E-state index contributed by atoms with van der Waals surface area (Å²) in [6, 6.07) is 10.1. The van der Waals surface area contributed by atoms with Crippen LogP contribution in [-0.2, 0) is 20.8 Å². The summed E-state index contributed by atoms with van der Waals surface area (Å²) in [7, 11) is 1.59. The minimum absolute atomic E-state index is 0.0308. The Hall–Kier alpha value is -1.20. The summed E-state index contributed by atoms with van der Waals surface area (Å²) >= 11 is 0. The molecule has 1 N–H and O–H groups in total. The molecule has 0 heterocycles. The van der Waals surface area contributed by atoms with Crippen LogP contribution >= 0.6 is 0 Å². The predicted molar refractivity (Wildman–Crippen MR) is 92.1 cm³/mol. The van der Waals surface area contributed by atoms with Crippen LogP contribution in [0.15, 0.2) is 43.0 Å². The van der Waals surface area contributed by atoms with Gasteiger partial charge in [-0.15, -0.1) is 6.58 Å². The van der Waals surface area contributed by atoms with Gasteiger partial charge in [0.1, 0.15) is 6.79 Å². The van der Waals surface area contributed by atoms with E-state index in [1.807, 2.05) is 24.3 Å². The molecule has 2 atom stereocenters. The van der Waals surface area contributed by atoms with Crippen molar-refractivity contribution in [2.45, 2.75) is 50.9 Å². The molecule has 0 unspecified atom stereocenters. The van der Waals surface area contributed by atoms with E-state index >= 15 is 0 Å². The van der Waals surface area contributed by atoms with Gasteiger partial charge < -0.3 is 19.3 Å². The molecule has 0 radical (unpaired) electrons. The number of methoxy groups -OCH3 is 1. The lowest BCUT2D eigenvalue weighted by Crippen LogP contribution is -2.21. The highest BCUT2D eigenvalue weighted by molar-refractivity contribution is 5.13. The minimum Gasteiger partial charge on any atom is -0.393 e. The van der Waals surface area contributed by atoms with Gasteiger partial charge in [-0.1, -0.05) is 36.4 Å². The van der Waals surface area contributed by atoms with E-state index in [4.69, 9.17) is 14.2 Å². The number of hydrogen-bond donors (Lipinski definition) is 1. The number of benzene rings is 1. The molecule has 4 heteroatoms. The average Bonchev–Trinajstić information content (AvgIpc) is 2.57. The Labute approximate surface area is 140 Å². The van der Waals surface area contributed by atoms with Gasteiger partial charge in [0.15, 0.2) is 0 Å². The third kappa shape index (κ3) is 10.2. The number of aliphatic hydroxyl groups excluding tert-OH is 1. The Morgan fingerprint density at radius 2 is 2.00 bits per heavy atom. The molecule has 0 aliphatic rings. The summed E-state index contributed by atoms with van der Waals surface area (Å²) in [5.74, 6) is 0. The Morgan fingerprint density at radius 1 is 1.22 bits per heavy atom. The molecule has 1 aromatic carbocycles. The SMILES string of the molecule is C=CC[C@H](C[C@@H](O)CCCCOCc1ccccc1)OCOC. The van der Waals surface area contributed by atoms with Crippen molar-refractivity contribution >= 4 is 0 Å². The van der Waals surface area contributed by atoms with Crippen molar-refractivity contribution in [1.29, 1.82) is 0 Å². The molecule has 0 amide bonds. The maximum absolute atomic E-state index is 10.1. The van der Waals surface area contributed by atoms with Crippen LogP contribution in [0, 0.1) is 0 Å². The second-order valence-corrected chi connectivity index (χ2v) is 5.64. The summed E-state index contributed by atoms with van der Waals surface area (Å²) in [6.07, 6.45) is 5.42. The van der Waals surface area contributed by atoms with E-state index < -0.39 is 0 Å². The molecule has 0 aromatic heterocycles. The van der Waals surface area contributed by atoms with Crippen LogP contribution < -0.4 is 0 Å². The fraction of sp³-hybridized carbons (Fsp3) is 0.579. The van der Waals surface area contributed by atoms with Gasteiger partial charge in [0.2, 0.25) is 0 Å². The van der Waals surface area contributed by atoms with Gasteiger partial charge in [0.25, 0.3) is 0 Å². The predicted octanol–water partition coefficient (Wildman–Crippen LogP) is 3.69. The fourth-order valence-corrected chi connectivity index (χ4v) is 2.35. The van der Waals surface area contributed by atoms with E-state index in [-0.39, 0.29) is 19.0 Å². The molecule has 23 heavy (non-hydrogen) atoms. The highest BCUT2D eigenvalue weighted by Crippen LogP contribution is 2.13. The van der Waals surface area contributed by atoms with Crippen molar-refractivity contribution in [2.75, 3.05) is 20.5 Å². The van der Waals surface area contributed by atoms with Crippen molar-refractivity contribution in [1.82, 2.24) is 0 Å². The molecule has 0 aliphatic heterocycles. The Balaban J connectivity index is 2.06. The van der Waals surface area contributed by atoms with Gasteiger partial charge in [-0.2, -0.15) is 0 Å². The smallest absolute Gasteiger partial charge is 0.146 e. The van der Waals surface area contributed by atoms with Crippen molar-refractivity contribution in [3.63, 3.8) is 0 Å². The fourth-order valence-electron chi connectivity index (χ4n) is 2.35. The van der Waals surface area contributed by atoms with E-state index in [0.29, 0.717) is 13.0 Å². The highest BCUT2D eigenvalue weighted by Gasteiger charge is 2.13. The molecule has 0 saturated carbocycles. The van der Waals surface area contributed by atoms with Crippen LogP contribution in [-0.4, -0.2) is 37.8 Å². The molecule has 0 fully saturated rings. The van der Waals surface area contributed by atoms with E-state index in [1.54, 1.807) is 7.11 Å². The summed E-state index contributed by atoms with van der Waals surface area (Å²) in [4.78, 5) is 0. The quantitative estimate of drug-likeness (QED) is 0.322. The number of aliphatic hydroxyl groups is 1. The van der Waals surface area contributed by atoms with Gasteiger partial charge in [-0.25, -0.2) is 0 Å². The van der Waals surface area contributed by atoms with Gasteiger partial charge in [0.05, 0.1) is 18.8 Å². The zero-order valence-electron chi connectivity index (χ0n) is 14.2. The van der Waals surface area contributed by atoms with Crippen LogP contribution in [0.1, 0.15) is 37.7 Å². The zero-order valence-corrected chi connectivity index (χ0v) is 14.2. The lowest BCUT2D eigenvalue weighted by molar-refractivity contribution is -0.0834. The summed E-state index contributed by atoms with van der Waals surface area (Å²) in [5, 5.41) is 10.1. The van der Waals surface area contributed by atoms with Crippen LogP contribution in [0.4, 0.5) is 0 Å². The summed E-state index contributed by atoms with van der Waals surface area (Å²) in [6.45, 7) is 5.33. The van der Waals surface area contributed by atoms with Crippen LogP contribution in [0.3, 0.4) is 0 Å². The molecule has 0 aliphatic carbocycles. The van der Waals surface area contributed by atoms with Crippen molar-refractivity contribution < 1.29 is 19.3 Å². The Bertz CT molecular complexity index is 394. The first-order valence-corrected chi connectivity index (χ1v) is 8.27. The molecule has 1 rings (SSSR count). The maximum Gasteiger partial charge on any atom is 0.146 e. The number of ether oxygens (including phenoxy) is 3. The Kier molecular flexibility index (Phi) is 11.4. The zero-order chi connectivity index (χ0) is 16.8. The molecule has 1 aromatic rings. The van der Waals surface area contributed by atoms with Gasteiger partial charge in [-0.05, 0) is 37.7 Å². The molecule has 0 saturated heterocycles. The van der Waals surface area contributed by atoms with Crippen molar-refractivity contribution in [2.24, 2.45) is 0 Å². The maximum atomic E-state index is 10.1. The van der Waals surface area contributed by atoms with Crippen LogP contribution in [0.5, 0.6) is 0 Å². The highest BCUT2D eigenvalue weighted by atomic mass is 16.7. The van der Waals surface area contributed by atoms with Gasteiger partial charge >= 0.3 is 0 Å². The molecule has 0 spiro atoms. The lowest BCUT2D eigenvalue weighted by Gasteiger charge is -2.19. The first kappa shape index (κ1) is 19.8. The lowest BCUT2D eigenvalue weighted by atomic mass is 10.0. The van der Waals surface area contributed by atoms with Gasteiger partial charge in [0, 0.05) is 13.7 Å². The van der Waals surface area contributed by atoms with E-state index in [0.717, 1.165) is 32.3 Å². The average molecular weight is 322 g/mol. The number of unbranched alkanes of at least 4 members (excludes halogenated alkanes) is 1. The van der Waals surface area contributed by atoms with Crippen molar-refractivity contribution in [3.8, 4) is 0 Å².